The molecule has 0 fully saturated rings. The van der Waals surface area contributed by atoms with Crippen molar-refractivity contribution in [2.45, 2.75) is 13.3 Å². The molecule has 0 aliphatic rings. The quantitative estimate of drug-likeness (QED) is 0.771. The highest BCUT2D eigenvalue weighted by Crippen LogP contribution is 2.20. The Bertz CT molecular complexity index is 389. The maximum absolute atomic E-state index is 10.6. The number of hydrogen-bond acceptors (Lipinski definition) is 6. The second kappa shape index (κ2) is 6.63. The van der Waals surface area contributed by atoms with Gasteiger partial charge >= 0.3 is 5.97 Å². The first-order chi connectivity index (χ1) is 8.60. The predicted octanol–water partition coefficient (Wildman–Crippen LogP) is 0.795. The summed E-state index contributed by atoms with van der Waals surface area (Å²) in [7, 11) is 3.00. The standard InChI is InChI=1S/C11H17N3O4/c1-4-14(6-5-10(15)16)11-12-8(17-2)7-9(13-11)18-3/h7H,4-6H2,1-3H3,(H,15,16). The molecule has 100 valence electrons. The molecule has 1 rings (SSSR count). The van der Waals surface area contributed by atoms with Crippen LogP contribution in [-0.4, -0.2) is 48.4 Å². The van der Waals surface area contributed by atoms with Crippen molar-refractivity contribution in [3.05, 3.63) is 6.07 Å². The highest BCUT2D eigenvalue weighted by atomic mass is 16.5. The van der Waals surface area contributed by atoms with Gasteiger partial charge in [0.1, 0.15) is 0 Å². The number of carboxylic acid groups (broad SMARTS) is 1. The molecule has 0 amide bonds. The van der Waals surface area contributed by atoms with Crippen LogP contribution in [0.3, 0.4) is 0 Å². The first-order valence-corrected chi connectivity index (χ1v) is 5.54. The van der Waals surface area contributed by atoms with Crippen LogP contribution in [0.1, 0.15) is 13.3 Å². The summed E-state index contributed by atoms with van der Waals surface area (Å²) in [6, 6.07) is 1.56. The van der Waals surface area contributed by atoms with Gasteiger partial charge in [-0.1, -0.05) is 0 Å². The summed E-state index contributed by atoms with van der Waals surface area (Å²) in [5, 5.41) is 8.69. The van der Waals surface area contributed by atoms with Crippen LogP contribution in [0.2, 0.25) is 0 Å². The topological polar surface area (TPSA) is 84.8 Å². The zero-order chi connectivity index (χ0) is 13.5. The van der Waals surface area contributed by atoms with Gasteiger partial charge in [-0.25, -0.2) is 0 Å². The van der Waals surface area contributed by atoms with Crippen LogP contribution in [0.25, 0.3) is 0 Å². The molecule has 1 heterocycles. The van der Waals surface area contributed by atoms with Crippen LogP contribution in [0, 0.1) is 0 Å². The monoisotopic (exact) mass is 255 g/mol. The Morgan fingerprint density at radius 1 is 1.33 bits per heavy atom. The maximum Gasteiger partial charge on any atom is 0.305 e. The van der Waals surface area contributed by atoms with Crippen molar-refractivity contribution >= 4 is 11.9 Å². The van der Waals surface area contributed by atoms with E-state index in [1.165, 1.54) is 14.2 Å². The van der Waals surface area contributed by atoms with Crippen LogP contribution in [0.5, 0.6) is 11.8 Å². The summed E-state index contributed by atoms with van der Waals surface area (Å²) < 4.78 is 10.1. The van der Waals surface area contributed by atoms with E-state index in [0.717, 1.165) is 0 Å². The molecule has 0 saturated carbocycles. The maximum atomic E-state index is 10.6. The molecule has 0 spiro atoms. The van der Waals surface area contributed by atoms with Gasteiger partial charge in [-0.15, -0.1) is 0 Å². The highest BCUT2D eigenvalue weighted by molar-refractivity contribution is 5.67. The van der Waals surface area contributed by atoms with Gasteiger partial charge in [0.25, 0.3) is 0 Å². The van der Waals surface area contributed by atoms with Gasteiger partial charge in [0.15, 0.2) is 0 Å². The fourth-order valence-electron chi connectivity index (χ4n) is 1.37. The average molecular weight is 255 g/mol. The second-order valence-corrected chi connectivity index (χ2v) is 3.48. The van der Waals surface area contributed by atoms with Crippen molar-refractivity contribution in [1.29, 1.82) is 0 Å². The zero-order valence-corrected chi connectivity index (χ0v) is 10.7. The Kier molecular flexibility index (Phi) is 5.16. The number of aliphatic carboxylic acids is 1. The fourth-order valence-corrected chi connectivity index (χ4v) is 1.37. The molecule has 0 saturated heterocycles. The third-order valence-corrected chi connectivity index (χ3v) is 2.35. The molecule has 0 unspecified atom stereocenters. The summed E-state index contributed by atoms with van der Waals surface area (Å²) in [4.78, 5) is 20.7. The minimum Gasteiger partial charge on any atom is -0.481 e. The second-order valence-electron chi connectivity index (χ2n) is 3.48. The number of rotatable bonds is 7. The number of hydrogen-bond donors (Lipinski definition) is 1. The molecule has 1 N–H and O–H groups in total. The largest absolute Gasteiger partial charge is 0.481 e. The number of nitrogens with zero attached hydrogens (tertiary/aromatic N) is 3. The third kappa shape index (κ3) is 3.76. The minimum absolute atomic E-state index is 0.0245. The lowest BCUT2D eigenvalue weighted by Gasteiger charge is -2.20. The molecule has 0 bridgehead atoms. The first kappa shape index (κ1) is 14.0. The number of aromatic nitrogens is 2. The van der Waals surface area contributed by atoms with Crippen molar-refractivity contribution in [3.8, 4) is 11.8 Å². The van der Waals surface area contributed by atoms with E-state index in [1.54, 1.807) is 11.0 Å². The lowest BCUT2D eigenvalue weighted by atomic mass is 10.4. The SMILES string of the molecule is CCN(CCC(=O)O)c1nc(OC)cc(OC)n1. The molecule has 7 nitrogen and oxygen atoms in total. The van der Waals surface area contributed by atoms with Crippen LogP contribution in [0.15, 0.2) is 6.07 Å². The van der Waals surface area contributed by atoms with Crippen molar-refractivity contribution in [1.82, 2.24) is 9.97 Å². The number of anilines is 1. The van der Waals surface area contributed by atoms with E-state index in [9.17, 15) is 4.79 Å². The Labute approximate surface area is 105 Å². The molecule has 1 aromatic heterocycles. The molecule has 0 aliphatic carbocycles. The van der Waals surface area contributed by atoms with E-state index < -0.39 is 5.97 Å². The minimum atomic E-state index is -0.858. The molecular formula is C11H17N3O4. The van der Waals surface area contributed by atoms with Crippen LogP contribution < -0.4 is 14.4 Å². The molecule has 0 atom stereocenters. The van der Waals surface area contributed by atoms with Crippen LogP contribution in [0.4, 0.5) is 5.95 Å². The molecule has 18 heavy (non-hydrogen) atoms. The van der Waals surface area contributed by atoms with Crippen LogP contribution >= 0.6 is 0 Å². The molecule has 7 heteroatoms. The van der Waals surface area contributed by atoms with Gasteiger partial charge < -0.3 is 19.5 Å². The summed E-state index contributed by atoms with van der Waals surface area (Å²) in [5.74, 6) is 0.300. The summed E-state index contributed by atoms with van der Waals surface area (Å²) in [5.41, 5.74) is 0. The van der Waals surface area contributed by atoms with E-state index in [4.69, 9.17) is 14.6 Å². The van der Waals surface area contributed by atoms with Crippen molar-refractivity contribution in [2.24, 2.45) is 0 Å². The molecule has 0 aliphatic heterocycles. The number of ether oxygens (including phenoxy) is 2. The predicted molar refractivity (Wildman–Crippen MR) is 65.3 cm³/mol. The number of carboxylic acids is 1. The van der Waals surface area contributed by atoms with Gasteiger partial charge in [0, 0.05) is 13.1 Å². The van der Waals surface area contributed by atoms with E-state index in [-0.39, 0.29) is 6.42 Å². The van der Waals surface area contributed by atoms with Gasteiger partial charge in [-0.05, 0) is 6.92 Å². The number of carbonyl (C=O) groups is 1. The Hall–Kier alpha value is -2.05. The third-order valence-electron chi connectivity index (χ3n) is 2.35. The Morgan fingerprint density at radius 3 is 2.28 bits per heavy atom. The van der Waals surface area contributed by atoms with E-state index >= 15 is 0 Å². The zero-order valence-electron chi connectivity index (χ0n) is 10.7. The lowest BCUT2D eigenvalue weighted by Crippen LogP contribution is -2.27. The lowest BCUT2D eigenvalue weighted by molar-refractivity contribution is -0.136. The highest BCUT2D eigenvalue weighted by Gasteiger charge is 2.13. The number of methoxy groups -OCH3 is 2. The molecule has 1 aromatic rings. The normalized spacial score (nSPS) is 9.94. The van der Waals surface area contributed by atoms with Gasteiger partial charge in [0.05, 0.1) is 26.7 Å². The average Bonchev–Trinajstić information content (AvgIpc) is 2.38. The van der Waals surface area contributed by atoms with Gasteiger partial charge in [-0.2, -0.15) is 9.97 Å². The molecule has 0 aromatic carbocycles. The van der Waals surface area contributed by atoms with Crippen molar-refractivity contribution in [2.75, 3.05) is 32.2 Å². The van der Waals surface area contributed by atoms with E-state index in [2.05, 4.69) is 9.97 Å². The fraction of sp³-hybridized carbons (Fsp3) is 0.545. The van der Waals surface area contributed by atoms with E-state index in [0.29, 0.717) is 30.8 Å². The summed E-state index contributed by atoms with van der Waals surface area (Å²) >= 11 is 0. The van der Waals surface area contributed by atoms with Gasteiger partial charge in [0.2, 0.25) is 17.7 Å². The molecular weight excluding hydrogens is 238 g/mol. The van der Waals surface area contributed by atoms with Crippen molar-refractivity contribution in [3.63, 3.8) is 0 Å². The molecule has 0 radical (unpaired) electrons. The Balaban J connectivity index is 2.93. The Morgan fingerprint density at radius 2 is 1.89 bits per heavy atom. The van der Waals surface area contributed by atoms with E-state index in [1.807, 2.05) is 6.92 Å². The van der Waals surface area contributed by atoms with Crippen LogP contribution in [-0.2, 0) is 4.79 Å². The smallest absolute Gasteiger partial charge is 0.305 e. The summed E-state index contributed by atoms with van der Waals surface area (Å²) in [6.45, 7) is 2.84. The van der Waals surface area contributed by atoms with Gasteiger partial charge in [-0.3, -0.25) is 4.79 Å². The van der Waals surface area contributed by atoms with Crippen molar-refractivity contribution < 1.29 is 19.4 Å². The first-order valence-electron chi connectivity index (χ1n) is 5.54. The summed E-state index contributed by atoms with van der Waals surface area (Å²) in [6.07, 6.45) is 0.0245.